The third-order valence-corrected chi connectivity index (χ3v) is 8.20. The molecule has 0 aliphatic carbocycles. The molecule has 2 bridgehead atoms. The Labute approximate surface area is 221 Å². The summed E-state index contributed by atoms with van der Waals surface area (Å²) in [5.74, 6) is -1.23. The van der Waals surface area contributed by atoms with Crippen LogP contribution in [0, 0.1) is 0 Å². The van der Waals surface area contributed by atoms with Gasteiger partial charge in [-0.15, -0.1) is 0 Å². The lowest BCUT2D eigenvalue weighted by Crippen LogP contribution is -2.54. The van der Waals surface area contributed by atoms with Crippen LogP contribution in [0.5, 0.6) is 0 Å². The van der Waals surface area contributed by atoms with Crippen LogP contribution in [0.3, 0.4) is 0 Å². The SMILES string of the molecule is NC(=O)C1(C(N)=O)CC(c2ccc(CN3CC4CCC(C3)O4)cc2)=Nc2c(N[C@H]3CCCNC3)ncnc21. The Morgan fingerprint density at radius 3 is 2.47 bits per heavy atom. The number of carbonyl (C=O) groups excluding carboxylic acids is 2. The summed E-state index contributed by atoms with van der Waals surface area (Å²) in [5, 5.41) is 6.79. The van der Waals surface area contributed by atoms with Gasteiger partial charge in [0.15, 0.2) is 11.2 Å². The predicted octanol–water partition coefficient (Wildman–Crippen LogP) is 0.737. The fourth-order valence-corrected chi connectivity index (χ4v) is 6.17. The first-order valence-electron chi connectivity index (χ1n) is 13.4. The van der Waals surface area contributed by atoms with Crippen molar-refractivity contribution in [2.75, 3.05) is 31.5 Å². The van der Waals surface area contributed by atoms with Gasteiger partial charge in [0.05, 0.1) is 23.6 Å². The molecule has 4 aliphatic rings. The molecule has 6 rings (SSSR count). The van der Waals surface area contributed by atoms with Gasteiger partial charge in [-0.1, -0.05) is 24.3 Å². The molecule has 11 nitrogen and oxygen atoms in total. The first-order chi connectivity index (χ1) is 18.4. The Kier molecular flexibility index (Phi) is 6.58. The van der Waals surface area contributed by atoms with Gasteiger partial charge in [0.2, 0.25) is 11.8 Å². The van der Waals surface area contributed by atoms with Crippen LogP contribution in [-0.4, -0.2) is 76.8 Å². The third-order valence-electron chi connectivity index (χ3n) is 8.20. The van der Waals surface area contributed by atoms with E-state index < -0.39 is 17.2 Å². The zero-order chi connectivity index (χ0) is 26.3. The van der Waals surface area contributed by atoms with E-state index in [0.717, 1.165) is 64.0 Å². The lowest BCUT2D eigenvalue weighted by atomic mass is 9.74. The molecule has 3 fully saturated rings. The van der Waals surface area contributed by atoms with E-state index in [0.29, 0.717) is 29.4 Å². The maximum absolute atomic E-state index is 12.9. The highest BCUT2D eigenvalue weighted by Crippen LogP contribution is 2.42. The summed E-state index contributed by atoms with van der Waals surface area (Å²) < 4.78 is 5.96. The number of likely N-dealkylation sites (tertiary alicyclic amines) is 1. The summed E-state index contributed by atoms with van der Waals surface area (Å²) in [6.07, 6.45) is 6.23. The smallest absolute Gasteiger partial charge is 0.239 e. The minimum atomic E-state index is -1.82. The topological polar surface area (TPSA) is 161 Å². The van der Waals surface area contributed by atoms with Crippen LogP contribution in [0.25, 0.3) is 0 Å². The van der Waals surface area contributed by atoms with Crippen LogP contribution in [0.4, 0.5) is 11.5 Å². The van der Waals surface area contributed by atoms with Gasteiger partial charge in [-0.2, -0.15) is 0 Å². The van der Waals surface area contributed by atoms with Crippen molar-refractivity contribution in [2.24, 2.45) is 16.5 Å². The lowest BCUT2D eigenvalue weighted by molar-refractivity contribution is -0.134. The molecule has 0 saturated carbocycles. The summed E-state index contributed by atoms with van der Waals surface area (Å²) >= 11 is 0. The standard InChI is InChI=1S/C27H34N8O3/c28-25(36)27(26(29)37)10-21(34-22-23(27)31-15-32-24(22)33-18-2-1-9-30-11-18)17-5-3-16(4-6-17)12-35-13-19-7-8-20(14-35)38-19/h3-6,15,18-20,30H,1-2,7-14H2,(H2,28,36)(H2,29,37)(H,31,32,33)/t18-,19?,20?/m0/s1. The van der Waals surface area contributed by atoms with Crippen molar-refractivity contribution >= 4 is 29.0 Å². The van der Waals surface area contributed by atoms with Crippen LogP contribution in [0.15, 0.2) is 35.6 Å². The van der Waals surface area contributed by atoms with Gasteiger partial charge >= 0.3 is 0 Å². The van der Waals surface area contributed by atoms with E-state index >= 15 is 0 Å². The second-order valence-electron chi connectivity index (χ2n) is 10.8. The van der Waals surface area contributed by atoms with Crippen molar-refractivity contribution in [1.29, 1.82) is 0 Å². The Morgan fingerprint density at radius 1 is 1.08 bits per heavy atom. The number of morpholine rings is 1. The van der Waals surface area contributed by atoms with Gasteiger partial charge in [-0.25, -0.2) is 15.0 Å². The summed E-state index contributed by atoms with van der Waals surface area (Å²) in [7, 11) is 0. The van der Waals surface area contributed by atoms with Gasteiger partial charge in [0.25, 0.3) is 0 Å². The number of nitrogens with zero attached hydrogens (tertiary/aromatic N) is 4. The van der Waals surface area contributed by atoms with Gasteiger partial charge in [-0.3, -0.25) is 14.5 Å². The lowest BCUT2D eigenvalue weighted by Gasteiger charge is -2.33. The number of piperidine rings is 1. The van der Waals surface area contributed by atoms with Crippen molar-refractivity contribution in [3.05, 3.63) is 47.4 Å². The molecule has 0 spiro atoms. The zero-order valence-electron chi connectivity index (χ0n) is 21.4. The average molecular weight is 519 g/mol. The molecular formula is C27H34N8O3. The second-order valence-corrected chi connectivity index (χ2v) is 10.8. The summed E-state index contributed by atoms with van der Waals surface area (Å²) in [5.41, 5.74) is 12.9. The maximum Gasteiger partial charge on any atom is 0.239 e. The highest BCUT2D eigenvalue weighted by atomic mass is 16.5. The Morgan fingerprint density at radius 2 is 1.82 bits per heavy atom. The molecule has 2 unspecified atom stereocenters. The van der Waals surface area contributed by atoms with Gasteiger partial charge in [0, 0.05) is 38.6 Å². The van der Waals surface area contributed by atoms with Crippen molar-refractivity contribution in [1.82, 2.24) is 20.2 Å². The quantitative estimate of drug-likeness (QED) is 0.390. The van der Waals surface area contributed by atoms with E-state index in [2.05, 4.69) is 37.6 Å². The molecule has 11 heteroatoms. The van der Waals surface area contributed by atoms with E-state index in [-0.39, 0.29) is 18.2 Å². The number of amides is 2. The molecule has 4 aliphatic heterocycles. The van der Waals surface area contributed by atoms with Gasteiger partial charge < -0.3 is 26.8 Å². The Balaban J connectivity index is 1.32. The Hall–Kier alpha value is -3.41. The second kappa shape index (κ2) is 10.0. The summed E-state index contributed by atoms with van der Waals surface area (Å²) in [4.78, 5) is 41.7. The van der Waals surface area contributed by atoms with Crippen molar-refractivity contribution in [3.8, 4) is 0 Å². The number of ether oxygens (including phenoxy) is 1. The zero-order valence-corrected chi connectivity index (χ0v) is 21.4. The number of hydrogen-bond donors (Lipinski definition) is 4. The van der Waals surface area contributed by atoms with Crippen LogP contribution in [0.1, 0.15) is 48.9 Å². The Bertz CT molecular complexity index is 1230. The largest absolute Gasteiger partial charge is 0.372 e. The van der Waals surface area contributed by atoms with Gasteiger partial charge in [-0.05, 0) is 43.4 Å². The van der Waals surface area contributed by atoms with Crippen LogP contribution < -0.4 is 22.1 Å². The van der Waals surface area contributed by atoms with Crippen molar-refractivity contribution < 1.29 is 14.3 Å². The van der Waals surface area contributed by atoms with E-state index in [1.807, 2.05) is 12.1 Å². The number of rotatable bonds is 7. The first kappa shape index (κ1) is 24.9. The number of carbonyl (C=O) groups is 2. The molecule has 200 valence electrons. The molecule has 6 N–H and O–H groups in total. The summed E-state index contributed by atoms with van der Waals surface area (Å²) in [6, 6.07) is 8.21. The van der Waals surface area contributed by atoms with Gasteiger partial charge in [0.1, 0.15) is 12.0 Å². The van der Waals surface area contributed by atoms with Crippen LogP contribution in [-0.2, 0) is 26.3 Å². The number of nitrogens with two attached hydrogens (primary N) is 2. The third kappa shape index (κ3) is 4.55. The van der Waals surface area contributed by atoms with Crippen molar-refractivity contribution in [2.45, 2.75) is 62.3 Å². The fourth-order valence-electron chi connectivity index (χ4n) is 6.17. The predicted molar refractivity (Wildman–Crippen MR) is 142 cm³/mol. The van der Waals surface area contributed by atoms with E-state index in [1.54, 1.807) is 0 Å². The molecule has 2 aromatic rings. The molecule has 3 atom stereocenters. The molecule has 1 aromatic heterocycles. The minimum Gasteiger partial charge on any atom is -0.372 e. The molecule has 2 amide bonds. The highest BCUT2D eigenvalue weighted by Gasteiger charge is 2.51. The molecule has 5 heterocycles. The van der Waals surface area contributed by atoms with E-state index in [9.17, 15) is 9.59 Å². The molecule has 0 radical (unpaired) electrons. The minimum absolute atomic E-state index is 0.0573. The number of primary amides is 2. The van der Waals surface area contributed by atoms with E-state index in [4.69, 9.17) is 21.2 Å². The summed E-state index contributed by atoms with van der Waals surface area (Å²) in [6.45, 7) is 4.49. The number of benzene rings is 1. The number of anilines is 1. The average Bonchev–Trinajstić information content (AvgIpc) is 3.26. The molecule has 3 saturated heterocycles. The number of nitrogens with one attached hydrogen (secondary N) is 2. The molecule has 38 heavy (non-hydrogen) atoms. The number of aromatic nitrogens is 2. The van der Waals surface area contributed by atoms with Crippen LogP contribution >= 0.6 is 0 Å². The number of hydrogen-bond acceptors (Lipinski definition) is 9. The molecular weight excluding hydrogens is 484 g/mol. The first-order valence-corrected chi connectivity index (χ1v) is 13.4. The van der Waals surface area contributed by atoms with Crippen molar-refractivity contribution in [3.63, 3.8) is 0 Å². The maximum atomic E-state index is 12.9. The fraction of sp³-hybridized carbons (Fsp3) is 0.519. The monoisotopic (exact) mass is 518 g/mol. The number of fused-ring (bicyclic) bond motifs is 3. The normalized spacial score (nSPS) is 26.3. The highest BCUT2D eigenvalue weighted by molar-refractivity contribution is 6.18. The van der Waals surface area contributed by atoms with Crippen LogP contribution in [0.2, 0.25) is 0 Å². The van der Waals surface area contributed by atoms with E-state index in [1.165, 1.54) is 11.9 Å². The molecule has 1 aromatic carbocycles. The number of aliphatic imine (C=N–C) groups is 1.